The van der Waals surface area contributed by atoms with Gasteiger partial charge in [-0.3, -0.25) is 4.79 Å². The molecule has 2 nitrogen and oxygen atoms in total. The molecule has 0 spiro atoms. The van der Waals surface area contributed by atoms with E-state index >= 15 is 0 Å². The van der Waals surface area contributed by atoms with Gasteiger partial charge in [0, 0.05) is 11.5 Å². The summed E-state index contributed by atoms with van der Waals surface area (Å²) in [5, 5.41) is 3.62. The van der Waals surface area contributed by atoms with Crippen molar-refractivity contribution in [1.82, 2.24) is 5.32 Å². The quantitative estimate of drug-likeness (QED) is 0.796. The molecule has 128 valence electrons. The maximum atomic E-state index is 13.4. The lowest BCUT2D eigenvalue weighted by Crippen LogP contribution is -2.57. The van der Waals surface area contributed by atoms with Crippen LogP contribution in [0.25, 0.3) is 0 Å². The SMILES string of the molecule is CC1(C)[C@@H]2CC[C@@]1(C)[C@H](NC(=O)C13CC4CC(CC(C4)C1)C3)C2. The van der Waals surface area contributed by atoms with Gasteiger partial charge in [-0.15, -0.1) is 0 Å². The fourth-order valence-corrected chi connectivity index (χ4v) is 8.12. The molecule has 0 aliphatic heterocycles. The molecule has 1 amide bonds. The molecule has 0 radical (unpaired) electrons. The molecule has 6 fully saturated rings. The van der Waals surface area contributed by atoms with Crippen molar-refractivity contribution in [2.45, 2.75) is 84.6 Å². The molecular formula is C21H33NO. The van der Waals surface area contributed by atoms with Gasteiger partial charge in [-0.1, -0.05) is 20.8 Å². The third kappa shape index (κ3) is 1.79. The third-order valence-electron chi connectivity index (χ3n) is 9.62. The van der Waals surface area contributed by atoms with Crippen molar-refractivity contribution in [3.63, 3.8) is 0 Å². The molecule has 1 N–H and O–H groups in total. The standard InChI is InChI=1S/C21H33NO/c1-19(2)16-4-5-20(19,3)17(9-16)22-18(23)21-10-13-6-14(11-21)8-15(7-13)12-21/h13-17H,4-12H2,1-3H3,(H,22,23)/t13?,14?,15?,16-,17-,20+,21?/m1/s1. The van der Waals surface area contributed by atoms with Crippen molar-refractivity contribution in [2.24, 2.45) is 39.9 Å². The number of hydrogen-bond donors (Lipinski definition) is 1. The first-order valence-electron chi connectivity index (χ1n) is 10.1. The zero-order valence-corrected chi connectivity index (χ0v) is 15.2. The van der Waals surface area contributed by atoms with Gasteiger partial charge in [0.2, 0.25) is 5.91 Å². The van der Waals surface area contributed by atoms with Crippen LogP contribution in [-0.2, 0) is 4.79 Å². The second-order valence-electron chi connectivity index (χ2n) is 10.8. The topological polar surface area (TPSA) is 29.1 Å². The van der Waals surface area contributed by atoms with Crippen molar-refractivity contribution in [1.29, 1.82) is 0 Å². The number of carbonyl (C=O) groups excluding carboxylic acids is 1. The Kier molecular flexibility index (Phi) is 2.80. The number of nitrogens with one attached hydrogen (secondary N) is 1. The van der Waals surface area contributed by atoms with Gasteiger partial charge >= 0.3 is 0 Å². The van der Waals surface area contributed by atoms with Gasteiger partial charge < -0.3 is 5.32 Å². The first kappa shape index (κ1) is 14.8. The number of fused-ring (bicyclic) bond motifs is 2. The molecule has 6 bridgehead atoms. The molecule has 6 aliphatic carbocycles. The Morgan fingerprint density at radius 3 is 1.91 bits per heavy atom. The lowest BCUT2D eigenvalue weighted by Gasteiger charge is -2.56. The maximum absolute atomic E-state index is 13.4. The summed E-state index contributed by atoms with van der Waals surface area (Å²) in [6.07, 6.45) is 11.7. The first-order chi connectivity index (χ1) is 10.8. The highest BCUT2D eigenvalue weighted by atomic mass is 16.2. The molecule has 6 aliphatic rings. The third-order valence-corrected chi connectivity index (χ3v) is 9.62. The van der Waals surface area contributed by atoms with Crippen LogP contribution in [0.2, 0.25) is 0 Å². The van der Waals surface area contributed by atoms with Crippen molar-refractivity contribution in [3.8, 4) is 0 Å². The lowest BCUT2D eigenvalue weighted by molar-refractivity contribution is -0.148. The highest BCUT2D eigenvalue weighted by Gasteiger charge is 2.63. The van der Waals surface area contributed by atoms with Crippen LogP contribution in [0.1, 0.15) is 78.6 Å². The number of rotatable bonds is 2. The van der Waals surface area contributed by atoms with Crippen LogP contribution in [0.3, 0.4) is 0 Å². The summed E-state index contributed by atoms with van der Waals surface area (Å²) in [6.45, 7) is 7.34. The fourth-order valence-electron chi connectivity index (χ4n) is 8.12. The van der Waals surface area contributed by atoms with E-state index in [2.05, 4.69) is 26.1 Å². The second-order valence-corrected chi connectivity index (χ2v) is 10.8. The zero-order valence-electron chi connectivity index (χ0n) is 15.2. The van der Waals surface area contributed by atoms with Gasteiger partial charge in [0.25, 0.3) is 0 Å². The largest absolute Gasteiger partial charge is 0.352 e. The van der Waals surface area contributed by atoms with Crippen LogP contribution >= 0.6 is 0 Å². The Morgan fingerprint density at radius 1 is 0.913 bits per heavy atom. The van der Waals surface area contributed by atoms with Crippen molar-refractivity contribution in [3.05, 3.63) is 0 Å². The number of hydrogen-bond acceptors (Lipinski definition) is 1. The van der Waals surface area contributed by atoms with E-state index in [0.29, 0.717) is 22.8 Å². The predicted octanol–water partition coefficient (Wildman–Crippen LogP) is 4.53. The summed E-state index contributed by atoms with van der Waals surface area (Å²) < 4.78 is 0. The summed E-state index contributed by atoms with van der Waals surface area (Å²) in [6, 6.07) is 0.428. The van der Waals surface area contributed by atoms with Crippen LogP contribution in [-0.4, -0.2) is 11.9 Å². The van der Waals surface area contributed by atoms with E-state index in [0.717, 1.165) is 23.7 Å². The van der Waals surface area contributed by atoms with E-state index in [4.69, 9.17) is 0 Å². The van der Waals surface area contributed by atoms with Gasteiger partial charge in [-0.05, 0) is 92.3 Å². The zero-order chi connectivity index (χ0) is 16.0. The summed E-state index contributed by atoms with van der Waals surface area (Å²) in [5.41, 5.74) is 0.735. The molecule has 0 saturated heterocycles. The summed E-state index contributed by atoms with van der Waals surface area (Å²) >= 11 is 0. The van der Waals surface area contributed by atoms with Crippen molar-refractivity contribution in [2.75, 3.05) is 0 Å². The van der Waals surface area contributed by atoms with Crippen LogP contribution in [0.15, 0.2) is 0 Å². The van der Waals surface area contributed by atoms with Crippen LogP contribution in [0.4, 0.5) is 0 Å². The highest BCUT2D eigenvalue weighted by molar-refractivity contribution is 5.83. The van der Waals surface area contributed by atoms with E-state index in [1.165, 1.54) is 57.8 Å². The average molecular weight is 316 g/mol. The monoisotopic (exact) mass is 315 g/mol. The lowest BCUT2D eigenvalue weighted by atomic mass is 9.49. The minimum atomic E-state index is 0.0249. The molecular weight excluding hydrogens is 282 g/mol. The molecule has 0 heterocycles. The predicted molar refractivity (Wildman–Crippen MR) is 91.8 cm³/mol. The molecule has 0 unspecified atom stereocenters. The van der Waals surface area contributed by atoms with Gasteiger partial charge in [-0.2, -0.15) is 0 Å². The first-order valence-corrected chi connectivity index (χ1v) is 10.1. The summed E-state index contributed by atoms with van der Waals surface area (Å²) in [4.78, 5) is 13.4. The molecule has 3 atom stereocenters. The van der Waals surface area contributed by atoms with Crippen molar-refractivity contribution >= 4 is 5.91 Å². The second kappa shape index (κ2) is 4.35. The number of carbonyl (C=O) groups is 1. The fraction of sp³-hybridized carbons (Fsp3) is 0.952. The Morgan fingerprint density at radius 2 is 1.48 bits per heavy atom. The molecule has 0 aromatic heterocycles. The van der Waals surface area contributed by atoms with E-state index in [9.17, 15) is 4.79 Å². The van der Waals surface area contributed by atoms with Gasteiger partial charge in [0.15, 0.2) is 0 Å². The minimum absolute atomic E-state index is 0.0249. The van der Waals surface area contributed by atoms with E-state index in [-0.39, 0.29) is 5.41 Å². The van der Waals surface area contributed by atoms with E-state index < -0.39 is 0 Å². The number of amides is 1. The Hall–Kier alpha value is -0.530. The average Bonchev–Trinajstić information content (AvgIpc) is 2.79. The molecule has 6 saturated carbocycles. The summed E-state index contributed by atoms with van der Waals surface area (Å²) in [5.74, 6) is 3.84. The van der Waals surface area contributed by atoms with E-state index in [1.54, 1.807) is 0 Å². The molecule has 23 heavy (non-hydrogen) atoms. The Labute approximate surface area is 141 Å². The van der Waals surface area contributed by atoms with Gasteiger partial charge in [0.05, 0.1) is 0 Å². The highest BCUT2D eigenvalue weighted by Crippen LogP contribution is 2.66. The maximum Gasteiger partial charge on any atom is 0.226 e. The summed E-state index contributed by atoms with van der Waals surface area (Å²) in [7, 11) is 0. The Bertz CT molecular complexity index is 515. The van der Waals surface area contributed by atoms with Crippen LogP contribution in [0.5, 0.6) is 0 Å². The van der Waals surface area contributed by atoms with Crippen LogP contribution < -0.4 is 5.32 Å². The van der Waals surface area contributed by atoms with Gasteiger partial charge in [0.1, 0.15) is 0 Å². The van der Waals surface area contributed by atoms with Crippen LogP contribution in [0, 0.1) is 39.9 Å². The normalized spacial score (nSPS) is 55.3. The van der Waals surface area contributed by atoms with Gasteiger partial charge in [-0.25, -0.2) is 0 Å². The minimum Gasteiger partial charge on any atom is -0.352 e. The molecule has 0 aromatic rings. The Balaban J connectivity index is 1.37. The molecule has 2 heteroatoms. The molecule has 0 aromatic carbocycles. The molecule has 6 rings (SSSR count). The van der Waals surface area contributed by atoms with E-state index in [1.807, 2.05) is 0 Å². The smallest absolute Gasteiger partial charge is 0.226 e. The van der Waals surface area contributed by atoms with Crippen molar-refractivity contribution < 1.29 is 4.79 Å².